The molecule has 0 aromatic carbocycles. The van der Waals surface area contributed by atoms with Crippen molar-refractivity contribution in [3.8, 4) is 0 Å². The minimum Gasteiger partial charge on any atom is -0.376 e. The molecular formula is C16H26N2O4S. The fourth-order valence-corrected chi connectivity index (χ4v) is 2.64. The second-order valence-electron chi connectivity index (χ2n) is 6.44. The van der Waals surface area contributed by atoms with Gasteiger partial charge in [-0.15, -0.1) is 0 Å². The minimum atomic E-state index is -0.780. The predicted octanol–water partition coefficient (Wildman–Crippen LogP) is 3.50. The highest BCUT2D eigenvalue weighted by atomic mass is 32.2. The van der Waals surface area contributed by atoms with Gasteiger partial charge in [0, 0.05) is 30.1 Å². The van der Waals surface area contributed by atoms with Crippen LogP contribution in [-0.4, -0.2) is 42.5 Å². The zero-order valence-electron chi connectivity index (χ0n) is 14.3. The van der Waals surface area contributed by atoms with Gasteiger partial charge < -0.3 is 18.7 Å². The van der Waals surface area contributed by atoms with Crippen molar-refractivity contribution in [1.29, 1.82) is 0 Å². The molecule has 0 unspecified atom stereocenters. The molecule has 0 saturated carbocycles. The van der Waals surface area contributed by atoms with E-state index < -0.39 is 5.79 Å². The van der Waals surface area contributed by atoms with Gasteiger partial charge in [0.2, 0.25) is 5.79 Å². The molecule has 2 rings (SSSR count). The van der Waals surface area contributed by atoms with Gasteiger partial charge in [-0.05, 0) is 46.1 Å². The van der Waals surface area contributed by atoms with Gasteiger partial charge in [-0.1, -0.05) is 5.16 Å². The van der Waals surface area contributed by atoms with Crippen LogP contribution in [0.4, 0.5) is 0 Å². The molecule has 2 heterocycles. The Labute approximate surface area is 142 Å². The van der Waals surface area contributed by atoms with E-state index in [2.05, 4.69) is 30.3 Å². The van der Waals surface area contributed by atoms with Crippen molar-refractivity contribution in [2.75, 3.05) is 26.4 Å². The van der Waals surface area contributed by atoms with Crippen LogP contribution in [0.1, 0.15) is 45.1 Å². The number of nitrogens with zero attached hydrogens (tertiary/aromatic N) is 2. The molecule has 0 amide bonds. The summed E-state index contributed by atoms with van der Waals surface area (Å²) in [4.78, 5) is 0. The number of hydrogen-bond donors (Lipinski definition) is 0. The van der Waals surface area contributed by atoms with Crippen LogP contribution in [-0.2, 0) is 20.0 Å². The highest BCUT2D eigenvalue weighted by Crippen LogP contribution is 2.35. The van der Waals surface area contributed by atoms with E-state index in [0.29, 0.717) is 38.5 Å². The van der Waals surface area contributed by atoms with Gasteiger partial charge in [0.25, 0.3) is 0 Å². The largest absolute Gasteiger partial charge is 0.376 e. The summed E-state index contributed by atoms with van der Waals surface area (Å²) >= 11 is 1.55. The topological polar surface area (TPSA) is 66.1 Å². The monoisotopic (exact) mass is 342 g/mol. The first-order valence-electron chi connectivity index (χ1n) is 7.91. The first-order chi connectivity index (χ1) is 10.9. The van der Waals surface area contributed by atoms with E-state index in [0.717, 1.165) is 12.2 Å². The molecule has 6 nitrogen and oxygen atoms in total. The molecule has 0 N–H and O–H groups in total. The van der Waals surface area contributed by atoms with E-state index in [9.17, 15) is 0 Å². The number of rotatable bonds is 8. The van der Waals surface area contributed by atoms with Crippen molar-refractivity contribution in [2.45, 2.75) is 51.1 Å². The fourth-order valence-electron chi connectivity index (χ4n) is 2.19. The summed E-state index contributed by atoms with van der Waals surface area (Å²) in [7, 11) is 0. The Morgan fingerprint density at radius 3 is 2.74 bits per heavy atom. The molecule has 130 valence electrons. The summed E-state index contributed by atoms with van der Waals surface area (Å²) in [5.41, 5.74) is 0.704. The van der Waals surface area contributed by atoms with Crippen molar-refractivity contribution < 1.29 is 18.7 Å². The zero-order chi connectivity index (χ0) is 16.8. The molecule has 1 aliphatic heterocycles. The van der Waals surface area contributed by atoms with Gasteiger partial charge in [-0.25, -0.2) is 4.40 Å². The highest BCUT2D eigenvalue weighted by molar-refractivity contribution is 7.99. The summed E-state index contributed by atoms with van der Waals surface area (Å²) in [6.07, 6.45) is 3.30. The normalized spacial score (nSPS) is 18.1. The lowest BCUT2D eigenvalue weighted by Gasteiger charge is -2.24. The third-order valence-electron chi connectivity index (χ3n) is 3.16. The van der Waals surface area contributed by atoms with Gasteiger partial charge in [0.05, 0.1) is 19.8 Å². The van der Waals surface area contributed by atoms with E-state index in [4.69, 9.17) is 18.7 Å². The summed E-state index contributed by atoms with van der Waals surface area (Å²) < 4.78 is 26.7. The highest BCUT2D eigenvalue weighted by Gasteiger charge is 2.40. The summed E-state index contributed by atoms with van der Waals surface area (Å²) in [6.45, 7) is 10.5. The molecule has 0 radical (unpaired) electrons. The van der Waals surface area contributed by atoms with Gasteiger partial charge in [-0.3, -0.25) is 0 Å². The standard InChI is InChI=1S/C16H26N2O4S/c1-13-12-14(18-22-13)16(20-10-11-21-16)6-5-8-19-9-7-17-23-15(2,3)4/h7,12H,5-6,8-11H2,1-4H3/b17-7+. The molecule has 1 aromatic heterocycles. The van der Waals surface area contributed by atoms with Crippen LogP contribution in [0.2, 0.25) is 0 Å². The van der Waals surface area contributed by atoms with Crippen molar-refractivity contribution in [3.05, 3.63) is 17.5 Å². The molecule has 0 spiro atoms. The molecule has 0 bridgehead atoms. The van der Waals surface area contributed by atoms with Crippen molar-refractivity contribution in [3.63, 3.8) is 0 Å². The second kappa shape index (κ2) is 8.28. The summed E-state index contributed by atoms with van der Waals surface area (Å²) in [6, 6.07) is 1.86. The maximum absolute atomic E-state index is 5.79. The maximum Gasteiger partial charge on any atom is 0.216 e. The third-order valence-corrected chi connectivity index (χ3v) is 3.96. The first kappa shape index (κ1) is 18.4. The van der Waals surface area contributed by atoms with Gasteiger partial charge in [-0.2, -0.15) is 0 Å². The smallest absolute Gasteiger partial charge is 0.216 e. The lowest BCUT2D eigenvalue weighted by molar-refractivity contribution is -0.177. The quantitative estimate of drug-likeness (QED) is 0.409. The molecular weight excluding hydrogens is 316 g/mol. The first-order valence-corrected chi connectivity index (χ1v) is 8.68. The Kier molecular flexibility index (Phi) is 6.64. The van der Waals surface area contributed by atoms with E-state index in [1.807, 2.05) is 13.0 Å². The van der Waals surface area contributed by atoms with Crippen molar-refractivity contribution in [1.82, 2.24) is 5.16 Å². The average molecular weight is 342 g/mol. The van der Waals surface area contributed by atoms with Crippen LogP contribution in [0.25, 0.3) is 0 Å². The Morgan fingerprint density at radius 1 is 1.39 bits per heavy atom. The Bertz CT molecular complexity index is 504. The predicted molar refractivity (Wildman–Crippen MR) is 90.7 cm³/mol. The third kappa shape index (κ3) is 5.91. The fraction of sp³-hybridized carbons (Fsp3) is 0.750. The molecule has 1 saturated heterocycles. The Hall–Kier alpha value is -0.890. The number of ether oxygens (including phenoxy) is 3. The lowest BCUT2D eigenvalue weighted by atomic mass is 10.1. The van der Waals surface area contributed by atoms with Crippen LogP contribution >= 0.6 is 11.9 Å². The molecule has 0 atom stereocenters. The molecule has 1 fully saturated rings. The number of aromatic nitrogens is 1. The zero-order valence-corrected chi connectivity index (χ0v) is 15.1. The Balaban J connectivity index is 1.70. The lowest BCUT2D eigenvalue weighted by Crippen LogP contribution is -2.28. The van der Waals surface area contributed by atoms with Gasteiger partial charge in [0.1, 0.15) is 11.5 Å². The minimum absolute atomic E-state index is 0.135. The Morgan fingerprint density at radius 2 is 2.13 bits per heavy atom. The van der Waals surface area contributed by atoms with E-state index in [1.54, 1.807) is 18.2 Å². The van der Waals surface area contributed by atoms with Gasteiger partial charge >= 0.3 is 0 Å². The van der Waals surface area contributed by atoms with Crippen LogP contribution in [0.5, 0.6) is 0 Å². The summed E-state index contributed by atoms with van der Waals surface area (Å²) in [5, 5.41) is 4.04. The number of hydrogen-bond acceptors (Lipinski definition) is 7. The SMILES string of the molecule is Cc1cc(C2(CCCOC/C=N/SC(C)(C)C)OCCO2)no1. The van der Waals surface area contributed by atoms with Crippen molar-refractivity contribution >= 4 is 18.2 Å². The van der Waals surface area contributed by atoms with E-state index >= 15 is 0 Å². The maximum atomic E-state index is 5.79. The van der Waals surface area contributed by atoms with Gasteiger partial charge in [0.15, 0.2) is 0 Å². The van der Waals surface area contributed by atoms with E-state index in [1.165, 1.54) is 0 Å². The summed E-state index contributed by atoms with van der Waals surface area (Å²) in [5.74, 6) is -0.0283. The molecule has 1 aliphatic rings. The van der Waals surface area contributed by atoms with Crippen LogP contribution in [0, 0.1) is 6.92 Å². The second-order valence-corrected chi connectivity index (χ2v) is 8.06. The van der Waals surface area contributed by atoms with Crippen LogP contribution < -0.4 is 0 Å². The molecule has 1 aromatic rings. The molecule has 23 heavy (non-hydrogen) atoms. The molecule has 7 heteroatoms. The van der Waals surface area contributed by atoms with Crippen molar-refractivity contribution in [2.24, 2.45) is 4.40 Å². The molecule has 0 aliphatic carbocycles. The van der Waals surface area contributed by atoms with Crippen LogP contribution in [0.15, 0.2) is 15.0 Å². The van der Waals surface area contributed by atoms with E-state index in [-0.39, 0.29) is 4.75 Å². The number of aryl methyl sites for hydroxylation is 1. The average Bonchev–Trinajstić information content (AvgIpc) is 3.10. The van der Waals surface area contributed by atoms with Crippen LogP contribution in [0.3, 0.4) is 0 Å².